The summed E-state index contributed by atoms with van der Waals surface area (Å²) >= 11 is 0. The molecule has 1 aliphatic rings. The van der Waals surface area contributed by atoms with Crippen molar-refractivity contribution in [2.75, 3.05) is 47.5 Å². The highest BCUT2D eigenvalue weighted by Gasteiger charge is 2.30. The number of rotatable bonds is 9. The number of methoxy groups -OCH3 is 3. The van der Waals surface area contributed by atoms with Crippen molar-refractivity contribution >= 4 is 24.8 Å². The first-order chi connectivity index (χ1) is 18.2. The molecular formula is C28H37Cl2F3N4O3. The fraction of sp³-hybridized carbons (Fsp3) is 0.464. The third-order valence-corrected chi connectivity index (χ3v) is 7.12. The Labute approximate surface area is 246 Å². The number of aromatic nitrogens is 2. The second kappa shape index (κ2) is 14.3. The van der Waals surface area contributed by atoms with Gasteiger partial charge < -0.3 is 18.8 Å². The summed E-state index contributed by atoms with van der Waals surface area (Å²) in [6, 6.07) is 9.14. The molecule has 1 aliphatic heterocycles. The lowest BCUT2D eigenvalue weighted by Gasteiger charge is -2.34. The Bertz CT molecular complexity index is 1250. The van der Waals surface area contributed by atoms with Crippen LogP contribution >= 0.6 is 24.8 Å². The Hall–Kier alpha value is -2.66. The van der Waals surface area contributed by atoms with Gasteiger partial charge in [-0.15, -0.1) is 24.8 Å². The van der Waals surface area contributed by atoms with Crippen molar-refractivity contribution in [2.24, 2.45) is 0 Å². The van der Waals surface area contributed by atoms with Crippen molar-refractivity contribution in [3.05, 3.63) is 58.9 Å². The highest BCUT2D eigenvalue weighted by atomic mass is 35.5. The van der Waals surface area contributed by atoms with Crippen molar-refractivity contribution in [1.29, 1.82) is 0 Å². The van der Waals surface area contributed by atoms with Crippen LogP contribution in [0.25, 0.3) is 11.4 Å². The zero-order valence-electron chi connectivity index (χ0n) is 23.4. The molecule has 0 atom stereocenters. The lowest BCUT2D eigenvalue weighted by Crippen LogP contribution is -2.45. The van der Waals surface area contributed by atoms with E-state index in [-0.39, 0.29) is 24.8 Å². The molecule has 4 rings (SSSR count). The van der Waals surface area contributed by atoms with Gasteiger partial charge in [0.25, 0.3) is 0 Å². The summed E-state index contributed by atoms with van der Waals surface area (Å²) in [5.74, 6) is 2.62. The zero-order chi connectivity index (χ0) is 27.4. The van der Waals surface area contributed by atoms with Gasteiger partial charge in [0.05, 0.1) is 32.6 Å². The van der Waals surface area contributed by atoms with Crippen molar-refractivity contribution in [1.82, 2.24) is 19.4 Å². The van der Waals surface area contributed by atoms with Crippen molar-refractivity contribution < 1.29 is 27.4 Å². The van der Waals surface area contributed by atoms with Gasteiger partial charge in [-0.3, -0.25) is 9.80 Å². The van der Waals surface area contributed by atoms with E-state index < -0.39 is 11.7 Å². The first kappa shape index (κ1) is 33.5. The van der Waals surface area contributed by atoms with Crippen LogP contribution in [0.5, 0.6) is 17.2 Å². The fourth-order valence-corrected chi connectivity index (χ4v) is 5.00. The molecule has 0 aliphatic carbocycles. The summed E-state index contributed by atoms with van der Waals surface area (Å²) in [4.78, 5) is 9.62. The molecule has 3 aromatic rings. The van der Waals surface area contributed by atoms with Crippen LogP contribution in [0.15, 0.2) is 36.4 Å². The van der Waals surface area contributed by atoms with Crippen LogP contribution in [-0.4, -0.2) is 66.9 Å². The molecule has 0 spiro atoms. The Morgan fingerprint density at radius 3 is 1.88 bits per heavy atom. The maximum atomic E-state index is 13.0. The Balaban J connectivity index is 0.00000280. The molecule has 0 amide bonds. The van der Waals surface area contributed by atoms with Gasteiger partial charge >= 0.3 is 6.18 Å². The highest BCUT2D eigenvalue weighted by Crippen LogP contribution is 2.40. The van der Waals surface area contributed by atoms with Gasteiger partial charge in [0.15, 0.2) is 11.5 Å². The third-order valence-electron chi connectivity index (χ3n) is 7.12. The number of benzene rings is 2. The Morgan fingerprint density at radius 2 is 1.38 bits per heavy atom. The average molecular weight is 606 g/mol. The van der Waals surface area contributed by atoms with Gasteiger partial charge in [-0.25, -0.2) is 4.98 Å². The summed E-state index contributed by atoms with van der Waals surface area (Å²) in [6.45, 7) is 9.70. The summed E-state index contributed by atoms with van der Waals surface area (Å²) in [7, 11) is 4.84. The van der Waals surface area contributed by atoms with Crippen LogP contribution in [0.1, 0.15) is 29.4 Å². The maximum absolute atomic E-state index is 13.0. The average Bonchev–Trinajstić information content (AvgIpc) is 3.23. The molecule has 0 bridgehead atoms. The molecule has 0 N–H and O–H groups in total. The van der Waals surface area contributed by atoms with E-state index in [1.54, 1.807) is 21.3 Å². The largest absolute Gasteiger partial charge is 0.493 e. The summed E-state index contributed by atoms with van der Waals surface area (Å²) in [5.41, 5.74) is 3.06. The highest BCUT2D eigenvalue weighted by molar-refractivity contribution is 5.85. The number of nitrogens with zero attached hydrogens (tertiary/aromatic N) is 4. The molecule has 2 heterocycles. The van der Waals surface area contributed by atoms with E-state index in [0.29, 0.717) is 41.7 Å². The molecule has 1 fully saturated rings. The van der Waals surface area contributed by atoms with Crippen molar-refractivity contribution in [2.45, 2.75) is 39.7 Å². The van der Waals surface area contributed by atoms with E-state index >= 15 is 0 Å². The second-order valence-electron chi connectivity index (χ2n) is 9.33. The predicted molar refractivity (Wildman–Crippen MR) is 154 cm³/mol. The molecule has 0 unspecified atom stereocenters. The van der Waals surface area contributed by atoms with Gasteiger partial charge in [0.2, 0.25) is 5.75 Å². The minimum absolute atomic E-state index is 0. The SMILES string of the molecule is CCn1c(-c2ccc(C(F)(F)F)cc2)nc(CN2CCN(Cc3ccc(OC)c(OC)c3OC)CC2)c1C.Cl.Cl. The minimum Gasteiger partial charge on any atom is -0.493 e. The lowest BCUT2D eigenvalue weighted by atomic mass is 10.1. The number of alkyl halides is 3. The molecule has 7 nitrogen and oxygen atoms in total. The standard InChI is InChI=1S/C28H35F3N4O3.2ClH/c1-6-35-19(2)23(32-27(35)20-7-10-22(11-8-20)28(29,30)31)18-34-15-13-33(14-16-34)17-21-9-12-24(36-3)26(38-5)25(21)37-4;;/h7-12H,6,13-18H2,1-5H3;2*1H. The molecule has 0 radical (unpaired) electrons. The third kappa shape index (κ3) is 7.15. The molecule has 1 saturated heterocycles. The van der Waals surface area contributed by atoms with E-state index in [9.17, 15) is 13.2 Å². The number of imidazole rings is 1. The zero-order valence-corrected chi connectivity index (χ0v) is 25.0. The van der Waals surface area contributed by atoms with Crippen molar-refractivity contribution in [3.8, 4) is 28.6 Å². The number of piperazine rings is 1. The van der Waals surface area contributed by atoms with Crippen LogP contribution < -0.4 is 14.2 Å². The number of ether oxygens (including phenoxy) is 3. The van der Waals surface area contributed by atoms with E-state index in [1.807, 2.05) is 26.0 Å². The number of halogens is 5. The van der Waals surface area contributed by atoms with Crippen LogP contribution in [-0.2, 0) is 25.8 Å². The van der Waals surface area contributed by atoms with E-state index in [4.69, 9.17) is 19.2 Å². The summed E-state index contributed by atoms with van der Waals surface area (Å²) < 4.78 is 57.6. The van der Waals surface area contributed by atoms with Crippen LogP contribution in [0.4, 0.5) is 13.2 Å². The topological polar surface area (TPSA) is 52.0 Å². The normalized spacial score (nSPS) is 14.3. The van der Waals surface area contributed by atoms with Crippen molar-refractivity contribution in [3.63, 3.8) is 0 Å². The predicted octanol–water partition coefficient (Wildman–Crippen LogP) is 6.08. The van der Waals surface area contributed by atoms with Gasteiger partial charge in [-0.1, -0.05) is 18.2 Å². The van der Waals surface area contributed by atoms with Gasteiger partial charge in [-0.05, 0) is 32.0 Å². The Morgan fingerprint density at radius 1 is 0.800 bits per heavy atom. The molecule has 12 heteroatoms. The fourth-order valence-electron chi connectivity index (χ4n) is 5.00. The number of hydrogen-bond acceptors (Lipinski definition) is 6. The molecule has 1 aromatic heterocycles. The lowest BCUT2D eigenvalue weighted by molar-refractivity contribution is -0.137. The van der Waals surface area contributed by atoms with Crippen LogP contribution in [0.2, 0.25) is 0 Å². The molecule has 2 aromatic carbocycles. The summed E-state index contributed by atoms with van der Waals surface area (Å²) in [6.07, 6.45) is -4.35. The van der Waals surface area contributed by atoms with Gasteiger partial charge in [-0.2, -0.15) is 13.2 Å². The first-order valence-corrected chi connectivity index (χ1v) is 12.7. The molecule has 40 heavy (non-hydrogen) atoms. The summed E-state index contributed by atoms with van der Waals surface area (Å²) in [5, 5.41) is 0. The second-order valence-corrected chi connectivity index (χ2v) is 9.33. The first-order valence-electron chi connectivity index (χ1n) is 12.7. The van der Waals surface area contributed by atoms with E-state index in [1.165, 1.54) is 12.1 Å². The molecule has 222 valence electrons. The van der Waals surface area contributed by atoms with Gasteiger partial charge in [0, 0.05) is 62.6 Å². The molecular weight excluding hydrogens is 568 g/mol. The monoisotopic (exact) mass is 604 g/mol. The van der Waals surface area contributed by atoms with Gasteiger partial charge in [0.1, 0.15) is 5.82 Å². The Kier molecular flexibility index (Phi) is 12.0. The van der Waals surface area contributed by atoms with Crippen LogP contribution in [0.3, 0.4) is 0 Å². The smallest absolute Gasteiger partial charge is 0.416 e. The van der Waals surface area contributed by atoms with E-state index in [0.717, 1.165) is 61.8 Å². The number of hydrogen-bond donors (Lipinski definition) is 0. The van der Waals surface area contributed by atoms with E-state index in [2.05, 4.69) is 14.4 Å². The van der Waals surface area contributed by atoms with Crippen LogP contribution in [0, 0.1) is 6.92 Å². The quantitative estimate of drug-likeness (QED) is 0.295. The molecule has 0 saturated carbocycles. The minimum atomic E-state index is -4.35. The maximum Gasteiger partial charge on any atom is 0.416 e.